The molecule has 108 valence electrons. The van der Waals surface area contributed by atoms with Crippen LogP contribution in [-0.4, -0.2) is 9.55 Å². The number of hydrogen-bond acceptors (Lipinski definition) is 1. The van der Waals surface area contributed by atoms with Crippen LogP contribution in [0, 0.1) is 5.82 Å². The van der Waals surface area contributed by atoms with E-state index < -0.39 is 0 Å². The van der Waals surface area contributed by atoms with Crippen molar-refractivity contribution in [3.05, 3.63) is 65.7 Å². The third kappa shape index (κ3) is 2.79. The van der Waals surface area contributed by atoms with Gasteiger partial charge in [-0.1, -0.05) is 37.3 Å². The lowest BCUT2D eigenvalue weighted by Crippen LogP contribution is -2.09. The average Bonchev–Trinajstić information content (AvgIpc) is 2.85. The van der Waals surface area contributed by atoms with Gasteiger partial charge >= 0.3 is 0 Å². The van der Waals surface area contributed by atoms with Gasteiger partial charge in [-0.2, -0.15) is 0 Å². The van der Waals surface area contributed by atoms with Crippen LogP contribution in [0.1, 0.15) is 24.2 Å². The van der Waals surface area contributed by atoms with Crippen LogP contribution in [-0.2, 0) is 12.4 Å². The summed E-state index contributed by atoms with van der Waals surface area (Å²) in [6.45, 7) is 2.88. The molecule has 0 aliphatic rings. The van der Waals surface area contributed by atoms with Gasteiger partial charge in [-0.15, -0.1) is 11.6 Å². The van der Waals surface area contributed by atoms with E-state index in [2.05, 4.69) is 24.0 Å². The van der Waals surface area contributed by atoms with Crippen molar-refractivity contribution in [3.8, 4) is 0 Å². The number of benzene rings is 2. The molecule has 3 rings (SSSR count). The summed E-state index contributed by atoms with van der Waals surface area (Å²) in [6.07, 6.45) is 0. The van der Waals surface area contributed by atoms with Crippen molar-refractivity contribution in [2.75, 3.05) is 0 Å². The highest BCUT2D eigenvalue weighted by atomic mass is 35.5. The van der Waals surface area contributed by atoms with Gasteiger partial charge in [0.25, 0.3) is 0 Å². The van der Waals surface area contributed by atoms with Crippen LogP contribution in [0.25, 0.3) is 11.0 Å². The number of nitrogens with zero attached hydrogens (tertiary/aromatic N) is 2. The molecule has 3 aromatic rings. The van der Waals surface area contributed by atoms with Crippen LogP contribution in [0.3, 0.4) is 0 Å². The Morgan fingerprint density at radius 2 is 1.95 bits per heavy atom. The number of aromatic nitrogens is 2. The van der Waals surface area contributed by atoms with Crippen LogP contribution in [0.5, 0.6) is 0 Å². The molecule has 0 aliphatic carbocycles. The molecule has 1 unspecified atom stereocenters. The summed E-state index contributed by atoms with van der Waals surface area (Å²) in [6, 6.07) is 14.9. The first kappa shape index (κ1) is 14.1. The number of fused-ring (bicyclic) bond motifs is 1. The molecule has 0 spiro atoms. The minimum atomic E-state index is -0.253. The maximum Gasteiger partial charge on any atom is 0.125 e. The monoisotopic (exact) mass is 302 g/mol. The number of imidazole rings is 1. The molecule has 4 heteroatoms. The van der Waals surface area contributed by atoms with Crippen LogP contribution >= 0.6 is 11.6 Å². The molecule has 0 saturated carbocycles. The van der Waals surface area contributed by atoms with Gasteiger partial charge in [-0.25, -0.2) is 9.37 Å². The third-order valence-electron chi connectivity index (χ3n) is 3.73. The third-order valence-corrected chi connectivity index (χ3v) is 3.97. The maximum atomic E-state index is 13.5. The van der Waals surface area contributed by atoms with E-state index >= 15 is 0 Å². The number of alkyl halides is 1. The van der Waals surface area contributed by atoms with Crippen molar-refractivity contribution >= 4 is 22.6 Å². The highest BCUT2D eigenvalue weighted by Gasteiger charge is 2.14. The first-order chi connectivity index (χ1) is 10.2. The van der Waals surface area contributed by atoms with Crippen LogP contribution in [0.2, 0.25) is 0 Å². The Labute approximate surface area is 128 Å². The lowest BCUT2D eigenvalue weighted by atomic mass is 10.0. The molecular weight excluding hydrogens is 287 g/mol. The van der Waals surface area contributed by atoms with Crippen molar-refractivity contribution < 1.29 is 4.39 Å². The summed E-state index contributed by atoms with van der Waals surface area (Å²) in [5, 5.41) is 0. The van der Waals surface area contributed by atoms with E-state index in [1.54, 1.807) is 6.07 Å². The highest BCUT2D eigenvalue weighted by molar-refractivity contribution is 6.16. The fourth-order valence-electron chi connectivity index (χ4n) is 2.61. The smallest absolute Gasteiger partial charge is 0.125 e. The van der Waals surface area contributed by atoms with E-state index in [4.69, 9.17) is 11.6 Å². The second-order valence-corrected chi connectivity index (χ2v) is 5.48. The molecule has 0 fully saturated rings. The lowest BCUT2D eigenvalue weighted by Gasteiger charge is -2.15. The second-order valence-electron chi connectivity index (χ2n) is 5.22. The zero-order valence-corrected chi connectivity index (χ0v) is 12.5. The zero-order chi connectivity index (χ0) is 14.8. The van der Waals surface area contributed by atoms with E-state index in [-0.39, 0.29) is 5.82 Å². The van der Waals surface area contributed by atoms with Crippen molar-refractivity contribution in [1.29, 1.82) is 0 Å². The Morgan fingerprint density at radius 3 is 2.67 bits per heavy atom. The predicted octanol–water partition coefficient (Wildman–Crippen LogP) is 4.72. The first-order valence-electron chi connectivity index (χ1n) is 6.94. The fraction of sp³-hybridized carbons (Fsp3) is 0.235. The molecule has 2 aromatic carbocycles. The van der Waals surface area contributed by atoms with Gasteiger partial charge in [0.05, 0.1) is 16.9 Å². The van der Waals surface area contributed by atoms with Gasteiger partial charge in [0.15, 0.2) is 0 Å². The summed E-state index contributed by atoms with van der Waals surface area (Å²) >= 11 is 6.00. The van der Waals surface area contributed by atoms with E-state index in [0.29, 0.717) is 11.8 Å². The van der Waals surface area contributed by atoms with Gasteiger partial charge in [-0.05, 0) is 29.7 Å². The lowest BCUT2D eigenvalue weighted by molar-refractivity contribution is 0.591. The number of rotatable bonds is 4. The molecule has 2 nitrogen and oxygen atoms in total. The Morgan fingerprint density at radius 1 is 1.19 bits per heavy atom. The standard InChI is InChI=1S/C17H16ClFN2/c1-12(13-5-3-2-4-6-13)11-21-16-9-14(19)7-8-15(16)20-17(21)10-18/h2-9,12H,10-11H2,1H3. The van der Waals surface area contributed by atoms with Crippen LogP contribution in [0.4, 0.5) is 4.39 Å². The zero-order valence-electron chi connectivity index (χ0n) is 11.8. The quantitative estimate of drug-likeness (QED) is 0.638. The Balaban J connectivity index is 2.01. The van der Waals surface area contributed by atoms with Crippen molar-refractivity contribution in [2.24, 2.45) is 0 Å². The summed E-state index contributed by atoms with van der Waals surface area (Å²) in [5.74, 6) is 1.14. The maximum absolute atomic E-state index is 13.5. The average molecular weight is 303 g/mol. The summed E-state index contributed by atoms with van der Waals surface area (Å²) in [4.78, 5) is 4.48. The normalized spacial score (nSPS) is 12.7. The molecule has 1 aromatic heterocycles. The fourth-order valence-corrected chi connectivity index (χ4v) is 2.82. The van der Waals surface area contributed by atoms with E-state index in [9.17, 15) is 4.39 Å². The molecule has 0 amide bonds. The van der Waals surface area contributed by atoms with Crippen molar-refractivity contribution in [3.63, 3.8) is 0 Å². The molecular formula is C17H16ClFN2. The van der Waals surface area contributed by atoms with Gasteiger partial charge < -0.3 is 4.57 Å². The van der Waals surface area contributed by atoms with Crippen molar-refractivity contribution in [1.82, 2.24) is 9.55 Å². The predicted molar refractivity (Wildman–Crippen MR) is 84.1 cm³/mol. The number of halogens is 2. The van der Waals surface area contributed by atoms with E-state index in [1.807, 2.05) is 22.8 Å². The largest absolute Gasteiger partial charge is 0.326 e. The molecule has 0 aliphatic heterocycles. The van der Waals surface area contributed by atoms with Gasteiger partial charge in [-0.3, -0.25) is 0 Å². The molecule has 1 heterocycles. The minimum absolute atomic E-state index is 0.253. The van der Waals surface area contributed by atoms with E-state index in [1.165, 1.54) is 17.7 Å². The molecule has 1 atom stereocenters. The van der Waals surface area contributed by atoms with Crippen molar-refractivity contribution in [2.45, 2.75) is 25.3 Å². The molecule has 0 bridgehead atoms. The summed E-state index contributed by atoms with van der Waals surface area (Å²) in [5.41, 5.74) is 2.83. The topological polar surface area (TPSA) is 17.8 Å². The summed E-state index contributed by atoms with van der Waals surface area (Å²) in [7, 11) is 0. The SMILES string of the molecule is CC(Cn1c(CCl)nc2ccc(F)cc21)c1ccccc1. The highest BCUT2D eigenvalue weighted by Crippen LogP contribution is 2.24. The van der Waals surface area contributed by atoms with Gasteiger partial charge in [0.1, 0.15) is 11.6 Å². The van der Waals surface area contributed by atoms with Gasteiger partial charge in [0, 0.05) is 6.54 Å². The first-order valence-corrected chi connectivity index (χ1v) is 7.48. The summed E-state index contributed by atoms with van der Waals surface area (Å²) < 4.78 is 15.5. The molecule has 0 saturated heterocycles. The number of hydrogen-bond donors (Lipinski definition) is 0. The van der Waals surface area contributed by atoms with Crippen LogP contribution in [0.15, 0.2) is 48.5 Å². The van der Waals surface area contributed by atoms with E-state index in [0.717, 1.165) is 23.4 Å². The Bertz CT molecular complexity index is 752. The Hall–Kier alpha value is -1.87. The Kier molecular flexibility index (Phi) is 3.93. The minimum Gasteiger partial charge on any atom is -0.326 e. The second kappa shape index (κ2) is 5.86. The molecule has 0 N–H and O–H groups in total. The van der Waals surface area contributed by atoms with Gasteiger partial charge in [0.2, 0.25) is 0 Å². The molecule has 0 radical (unpaired) electrons. The van der Waals surface area contributed by atoms with Crippen LogP contribution < -0.4 is 0 Å². The molecule has 21 heavy (non-hydrogen) atoms.